The molecule has 1 aliphatic heterocycles. The molecule has 0 spiro atoms. The minimum atomic E-state index is -3.38. The number of hydrogen-bond donors (Lipinski definition) is 2. The highest BCUT2D eigenvalue weighted by molar-refractivity contribution is 7.92. The molecule has 1 aliphatic rings. The first-order valence-corrected chi connectivity index (χ1v) is 10.4. The highest BCUT2D eigenvalue weighted by Gasteiger charge is 2.32. The van der Waals surface area contributed by atoms with Gasteiger partial charge in [0.05, 0.1) is 18.0 Å². The monoisotopic (exact) mass is 392 g/mol. The molecule has 6 nitrogen and oxygen atoms in total. The normalized spacial score (nSPS) is 17.5. The molecule has 0 bridgehead atoms. The molecule has 144 valence electrons. The molecule has 0 fully saturated rings. The van der Waals surface area contributed by atoms with Gasteiger partial charge in [0.2, 0.25) is 10.0 Å². The van der Waals surface area contributed by atoms with Gasteiger partial charge in [-0.3, -0.25) is 9.10 Å². The summed E-state index contributed by atoms with van der Waals surface area (Å²) in [7, 11) is -3.38. The van der Waals surface area contributed by atoms with E-state index in [9.17, 15) is 22.7 Å². The molecule has 2 atom stereocenters. The van der Waals surface area contributed by atoms with Gasteiger partial charge in [-0.15, -0.1) is 0 Å². The van der Waals surface area contributed by atoms with E-state index >= 15 is 0 Å². The molecule has 2 unspecified atom stereocenters. The molecule has 27 heavy (non-hydrogen) atoms. The largest absolute Gasteiger partial charge is 0.387 e. The van der Waals surface area contributed by atoms with Crippen LogP contribution in [0, 0.1) is 5.82 Å². The van der Waals surface area contributed by atoms with Crippen LogP contribution in [0.4, 0.5) is 10.1 Å². The molecule has 0 saturated carbocycles. The Morgan fingerprint density at radius 3 is 2.59 bits per heavy atom. The zero-order chi connectivity index (χ0) is 19.8. The molecule has 0 radical (unpaired) electrons. The van der Waals surface area contributed by atoms with Crippen molar-refractivity contribution in [3.05, 3.63) is 65.0 Å². The standard InChI is InChI=1S/C19H21FN2O4S/c1-12-9-15-10-14(5-8-17(15)22(12)27(2,25)26)19(24)21-11-18(23)13-3-6-16(20)7-4-13/h3-8,10,12,18,23H,9,11H2,1-2H3,(H,21,24). The second-order valence-electron chi connectivity index (χ2n) is 6.73. The number of nitrogens with one attached hydrogen (secondary N) is 1. The third kappa shape index (κ3) is 4.12. The first-order valence-electron chi connectivity index (χ1n) is 8.51. The van der Waals surface area contributed by atoms with E-state index in [4.69, 9.17) is 0 Å². The number of fused-ring (bicyclic) bond motifs is 1. The maximum Gasteiger partial charge on any atom is 0.251 e. The average Bonchev–Trinajstić information content (AvgIpc) is 2.94. The molecule has 3 rings (SSSR count). The minimum absolute atomic E-state index is 0.0204. The van der Waals surface area contributed by atoms with E-state index in [1.165, 1.54) is 28.6 Å². The molecule has 0 saturated heterocycles. The first-order chi connectivity index (χ1) is 12.7. The number of sulfonamides is 1. The molecule has 1 heterocycles. The smallest absolute Gasteiger partial charge is 0.251 e. The maximum atomic E-state index is 12.9. The SMILES string of the molecule is CC1Cc2cc(C(=O)NCC(O)c3ccc(F)cc3)ccc2N1S(C)(=O)=O. The Bertz CT molecular complexity index is 960. The van der Waals surface area contributed by atoms with Crippen LogP contribution in [0.15, 0.2) is 42.5 Å². The van der Waals surface area contributed by atoms with Crippen molar-refractivity contribution < 1.29 is 22.7 Å². The average molecular weight is 392 g/mol. The lowest BCUT2D eigenvalue weighted by Crippen LogP contribution is -2.34. The van der Waals surface area contributed by atoms with E-state index in [1.807, 2.05) is 6.92 Å². The van der Waals surface area contributed by atoms with Gasteiger partial charge in [0.1, 0.15) is 5.82 Å². The Hall–Kier alpha value is -2.45. The number of anilines is 1. The Labute approximate surface area is 157 Å². The third-order valence-corrected chi connectivity index (χ3v) is 5.83. The molecule has 2 N–H and O–H groups in total. The summed E-state index contributed by atoms with van der Waals surface area (Å²) in [6, 6.07) is 10.1. The second kappa shape index (κ2) is 7.28. The Balaban J connectivity index is 1.70. The van der Waals surface area contributed by atoms with Gasteiger partial charge in [0, 0.05) is 18.2 Å². The van der Waals surface area contributed by atoms with Gasteiger partial charge in [0.15, 0.2) is 0 Å². The highest BCUT2D eigenvalue weighted by Crippen LogP contribution is 2.34. The Morgan fingerprint density at radius 1 is 1.30 bits per heavy atom. The number of nitrogens with zero attached hydrogens (tertiary/aromatic N) is 1. The van der Waals surface area contributed by atoms with Crippen molar-refractivity contribution >= 4 is 21.6 Å². The topological polar surface area (TPSA) is 86.7 Å². The van der Waals surface area contributed by atoms with Crippen molar-refractivity contribution in [2.75, 3.05) is 17.1 Å². The number of halogens is 1. The van der Waals surface area contributed by atoms with Gasteiger partial charge >= 0.3 is 0 Å². The highest BCUT2D eigenvalue weighted by atomic mass is 32.2. The van der Waals surface area contributed by atoms with Crippen molar-refractivity contribution in [3.8, 4) is 0 Å². The van der Waals surface area contributed by atoms with Crippen LogP contribution in [-0.2, 0) is 16.4 Å². The lowest BCUT2D eigenvalue weighted by Gasteiger charge is -2.22. The van der Waals surface area contributed by atoms with E-state index in [-0.39, 0.29) is 18.5 Å². The maximum absolute atomic E-state index is 12.9. The third-order valence-electron chi connectivity index (χ3n) is 4.56. The number of carbonyl (C=O) groups is 1. The summed E-state index contributed by atoms with van der Waals surface area (Å²) in [5, 5.41) is 12.8. The predicted octanol–water partition coefficient (Wildman–Crippen LogP) is 2.00. The number of hydrogen-bond acceptors (Lipinski definition) is 4. The van der Waals surface area contributed by atoms with E-state index < -0.39 is 21.9 Å². The Morgan fingerprint density at radius 2 is 1.96 bits per heavy atom. The summed E-state index contributed by atoms with van der Waals surface area (Å²) in [6.07, 6.45) is 0.738. The molecular formula is C19H21FN2O4S. The molecule has 8 heteroatoms. The summed E-state index contributed by atoms with van der Waals surface area (Å²) >= 11 is 0. The van der Waals surface area contributed by atoms with Crippen molar-refractivity contribution in [1.82, 2.24) is 5.32 Å². The quantitative estimate of drug-likeness (QED) is 0.815. The van der Waals surface area contributed by atoms with Gasteiger partial charge in [0.25, 0.3) is 5.91 Å². The van der Waals surface area contributed by atoms with Crippen LogP contribution in [-0.4, -0.2) is 38.3 Å². The first kappa shape index (κ1) is 19.3. The van der Waals surface area contributed by atoms with E-state index in [2.05, 4.69) is 5.32 Å². The number of carbonyl (C=O) groups excluding carboxylic acids is 1. The summed E-state index contributed by atoms with van der Waals surface area (Å²) in [5.41, 5.74) is 2.28. The van der Waals surface area contributed by atoms with Crippen molar-refractivity contribution in [2.24, 2.45) is 0 Å². The van der Waals surface area contributed by atoms with Crippen molar-refractivity contribution in [1.29, 1.82) is 0 Å². The number of rotatable bonds is 5. The van der Waals surface area contributed by atoms with Crippen LogP contribution in [0.1, 0.15) is 34.5 Å². The van der Waals surface area contributed by atoms with Crippen molar-refractivity contribution in [3.63, 3.8) is 0 Å². The molecule has 2 aromatic rings. The van der Waals surface area contributed by atoms with Gasteiger partial charge in [-0.05, 0) is 54.8 Å². The molecule has 0 aliphatic carbocycles. The van der Waals surface area contributed by atoms with E-state index in [1.54, 1.807) is 18.2 Å². The number of aliphatic hydroxyl groups is 1. The fraction of sp³-hybridized carbons (Fsp3) is 0.316. The lowest BCUT2D eigenvalue weighted by atomic mass is 10.1. The number of amides is 1. The summed E-state index contributed by atoms with van der Waals surface area (Å²) in [5.74, 6) is -0.769. The summed E-state index contributed by atoms with van der Waals surface area (Å²) < 4.78 is 38.2. The zero-order valence-corrected chi connectivity index (χ0v) is 15.8. The molecule has 2 aromatic carbocycles. The van der Waals surface area contributed by atoms with Crippen LogP contribution in [0.25, 0.3) is 0 Å². The number of benzene rings is 2. The van der Waals surface area contributed by atoms with Crippen molar-refractivity contribution in [2.45, 2.75) is 25.5 Å². The Kier molecular flexibility index (Phi) is 5.21. The van der Waals surface area contributed by atoms with Crippen LogP contribution >= 0.6 is 0 Å². The molecule has 1 amide bonds. The summed E-state index contributed by atoms with van der Waals surface area (Å²) in [6.45, 7) is 1.80. The molecular weight excluding hydrogens is 371 g/mol. The van der Waals surface area contributed by atoms with Crippen LogP contribution in [0.3, 0.4) is 0 Å². The van der Waals surface area contributed by atoms with E-state index in [0.29, 0.717) is 23.2 Å². The van der Waals surface area contributed by atoms with Crippen LogP contribution in [0.2, 0.25) is 0 Å². The molecule has 0 aromatic heterocycles. The van der Waals surface area contributed by atoms with Gasteiger partial charge in [-0.1, -0.05) is 12.1 Å². The summed E-state index contributed by atoms with van der Waals surface area (Å²) in [4.78, 5) is 12.4. The van der Waals surface area contributed by atoms with Crippen LogP contribution in [0.5, 0.6) is 0 Å². The zero-order valence-electron chi connectivity index (χ0n) is 15.0. The van der Waals surface area contributed by atoms with Crippen LogP contribution < -0.4 is 9.62 Å². The fourth-order valence-electron chi connectivity index (χ4n) is 3.34. The van der Waals surface area contributed by atoms with Gasteiger partial charge in [-0.2, -0.15) is 0 Å². The van der Waals surface area contributed by atoms with Gasteiger partial charge < -0.3 is 10.4 Å². The second-order valence-corrected chi connectivity index (χ2v) is 8.59. The minimum Gasteiger partial charge on any atom is -0.387 e. The van der Waals surface area contributed by atoms with Gasteiger partial charge in [-0.25, -0.2) is 12.8 Å². The van der Waals surface area contributed by atoms with E-state index in [0.717, 1.165) is 11.8 Å². The predicted molar refractivity (Wildman–Crippen MR) is 101 cm³/mol. The fourth-order valence-corrected chi connectivity index (χ4v) is 4.61. The number of aliphatic hydroxyl groups excluding tert-OH is 1. The lowest BCUT2D eigenvalue weighted by molar-refractivity contribution is 0.0916.